The number of rotatable bonds is 6. The fourth-order valence-corrected chi connectivity index (χ4v) is 3.43. The van der Waals surface area contributed by atoms with Gasteiger partial charge in [0.1, 0.15) is 5.82 Å². The molecular formula is C17H20FN3OS. The highest BCUT2D eigenvalue weighted by Crippen LogP contribution is 2.47. The van der Waals surface area contributed by atoms with Crippen LogP contribution in [0.3, 0.4) is 0 Å². The van der Waals surface area contributed by atoms with Gasteiger partial charge in [0.25, 0.3) is 0 Å². The number of aryl methyl sites for hydroxylation is 1. The predicted molar refractivity (Wildman–Crippen MR) is 89.5 cm³/mol. The van der Waals surface area contributed by atoms with E-state index in [1.54, 1.807) is 28.6 Å². The van der Waals surface area contributed by atoms with Gasteiger partial charge in [0.05, 0.1) is 6.20 Å². The molecule has 1 aromatic heterocycles. The Bertz CT molecular complexity index is 716. The lowest BCUT2D eigenvalue weighted by molar-refractivity contribution is -0.122. The summed E-state index contributed by atoms with van der Waals surface area (Å²) in [5.41, 5.74) is 3.04. The average Bonchev–Trinajstić information content (AvgIpc) is 3.21. The van der Waals surface area contributed by atoms with E-state index in [1.165, 1.54) is 6.07 Å². The van der Waals surface area contributed by atoms with Gasteiger partial charge in [-0.15, -0.1) is 0 Å². The summed E-state index contributed by atoms with van der Waals surface area (Å²) in [5.74, 6) is 0.887. The van der Waals surface area contributed by atoms with E-state index < -0.39 is 0 Å². The average molecular weight is 333 g/mol. The molecule has 0 radical (unpaired) electrons. The number of aromatic nitrogens is 2. The molecule has 1 saturated carbocycles. The number of nitrogens with one attached hydrogen (secondary N) is 1. The first-order valence-electron chi connectivity index (χ1n) is 7.61. The Morgan fingerprint density at radius 2 is 2.30 bits per heavy atom. The van der Waals surface area contributed by atoms with Gasteiger partial charge in [-0.1, -0.05) is 6.07 Å². The van der Waals surface area contributed by atoms with E-state index in [0.717, 1.165) is 28.9 Å². The second kappa shape index (κ2) is 6.74. The number of carbonyl (C=O) groups is 1. The fourth-order valence-electron chi connectivity index (χ4n) is 2.86. The van der Waals surface area contributed by atoms with Gasteiger partial charge in [0.2, 0.25) is 5.91 Å². The molecule has 1 amide bonds. The smallest absolute Gasteiger partial charge is 0.224 e. The van der Waals surface area contributed by atoms with E-state index in [0.29, 0.717) is 6.54 Å². The molecule has 2 atom stereocenters. The minimum absolute atomic E-state index is 0.0312. The minimum atomic E-state index is -0.233. The van der Waals surface area contributed by atoms with Crippen LogP contribution in [0.1, 0.15) is 29.0 Å². The summed E-state index contributed by atoms with van der Waals surface area (Å²) in [6, 6.07) is 4.75. The van der Waals surface area contributed by atoms with Crippen LogP contribution in [0, 0.1) is 11.7 Å². The standard InChI is InChI=1S/C17H20FN3OS/c1-21-9-13(8-20-21)15-6-16(15)17(22)19-7-11-3-4-14(18)5-12(11)10-23-2/h3-5,8-9,15-16H,6-7,10H2,1-2H3,(H,19,22)/t15-,16+/m0/s1. The normalized spacial score (nSPS) is 19.6. The summed E-state index contributed by atoms with van der Waals surface area (Å²) in [6.45, 7) is 0.450. The quantitative estimate of drug-likeness (QED) is 0.884. The first kappa shape index (κ1) is 16.1. The van der Waals surface area contributed by atoms with Crippen LogP contribution in [0.25, 0.3) is 0 Å². The molecule has 1 fully saturated rings. The molecule has 0 spiro atoms. The Hall–Kier alpha value is -1.82. The molecule has 1 N–H and O–H groups in total. The van der Waals surface area contributed by atoms with Gasteiger partial charge < -0.3 is 5.32 Å². The van der Waals surface area contributed by atoms with Crippen LogP contribution in [0.5, 0.6) is 0 Å². The third-order valence-corrected chi connectivity index (χ3v) is 4.80. The van der Waals surface area contributed by atoms with E-state index >= 15 is 0 Å². The number of hydrogen-bond donors (Lipinski definition) is 1. The van der Waals surface area contributed by atoms with Gasteiger partial charge >= 0.3 is 0 Å². The molecule has 4 nitrogen and oxygen atoms in total. The molecule has 1 heterocycles. The van der Waals surface area contributed by atoms with E-state index in [1.807, 2.05) is 25.7 Å². The van der Waals surface area contributed by atoms with E-state index in [4.69, 9.17) is 0 Å². The Labute approximate surface area is 139 Å². The van der Waals surface area contributed by atoms with Crippen molar-refractivity contribution < 1.29 is 9.18 Å². The van der Waals surface area contributed by atoms with Crippen molar-refractivity contribution in [3.63, 3.8) is 0 Å². The zero-order valence-electron chi connectivity index (χ0n) is 13.3. The summed E-state index contributed by atoms with van der Waals surface area (Å²) in [6.07, 6.45) is 6.65. The first-order valence-corrected chi connectivity index (χ1v) is 9.00. The second-order valence-corrected chi connectivity index (χ2v) is 6.83. The highest BCUT2D eigenvalue weighted by atomic mass is 32.2. The molecule has 6 heteroatoms. The third kappa shape index (κ3) is 3.75. The maximum absolute atomic E-state index is 13.3. The monoisotopic (exact) mass is 333 g/mol. The maximum atomic E-state index is 13.3. The van der Waals surface area contributed by atoms with Crippen LogP contribution in [0.2, 0.25) is 0 Å². The van der Waals surface area contributed by atoms with Gasteiger partial charge in [-0.25, -0.2) is 4.39 Å². The third-order valence-electron chi connectivity index (χ3n) is 4.20. The first-order chi connectivity index (χ1) is 11.1. The molecular weight excluding hydrogens is 313 g/mol. The van der Waals surface area contributed by atoms with Crippen molar-refractivity contribution in [3.05, 3.63) is 53.1 Å². The Balaban J connectivity index is 1.58. The van der Waals surface area contributed by atoms with Crippen molar-refractivity contribution in [1.29, 1.82) is 0 Å². The predicted octanol–water partition coefficient (Wildman–Crippen LogP) is 2.84. The summed E-state index contributed by atoms with van der Waals surface area (Å²) in [4.78, 5) is 12.3. The van der Waals surface area contributed by atoms with Crippen molar-refractivity contribution in [1.82, 2.24) is 15.1 Å². The maximum Gasteiger partial charge on any atom is 0.224 e. The van der Waals surface area contributed by atoms with Crippen LogP contribution in [0.4, 0.5) is 4.39 Å². The van der Waals surface area contributed by atoms with Gasteiger partial charge in [0, 0.05) is 31.5 Å². The summed E-state index contributed by atoms with van der Waals surface area (Å²) in [5, 5.41) is 7.14. The number of amides is 1. The van der Waals surface area contributed by atoms with E-state index in [-0.39, 0.29) is 23.6 Å². The van der Waals surface area contributed by atoms with E-state index in [9.17, 15) is 9.18 Å². The van der Waals surface area contributed by atoms with Crippen molar-refractivity contribution in [2.75, 3.05) is 6.26 Å². The zero-order valence-corrected chi connectivity index (χ0v) is 14.1. The number of carbonyl (C=O) groups excluding carboxylic acids is 1. The Morgan fingerprint density at radius 3 is 3.00 bits per heavy atom. The van der Waals surface area contributed by atoms with Crippen LogP contribution in [-0.4, -0.2) is 21.9 Å². The van der Waals surface area contributed by atoms with Crippen molar-refractivity contribution in [3.8, 4) is 0 Å². The van der Waals surface area contributed by atoms with Crippen molar-refractivity contribution in [2.24, 2.45) is 13.0 Å². The molecule has 3 rings (SSSR count). The molecule has 0 bridgehead atoms. The number of nitrogens with zero attached hydrogens (tertiary/aromatic N) is 2. The van der Waals surface area contributed by atoms with Crippen LogP contribution >= 0.6 is 11.8 Å². The summed E-state index contributed by atoms with van der Waals surface area (Å²) >= 11 is 1.64. The Kier molecular flexibility index (Phi) is 4.71. The molecule has 122 valence electrons. The lowest BCUT2D eigenvalue weighted by atomic mass is 10.1. The van der Waals surface area contributed by atoms with Gasteiger partial charge in [-0.3, -0.25) is 9.48 Å². The second-order valence-electron chi connectivity index (χ2n) is 5.96. The number of hydrogen-bond acceptors (Lipinski definition) is 3. The highest BCUT2D eigenvalue weighted by molar-refractivity contribution is 7.97. The highest BCUT2D eigenvalue weighted by Gasteiger charge is 2.44. The Morgan fingerprint density at radius 1 is 1.48 bits per heavy atom. The molecule has 23 heavy (non-hydrogen) atoms. The van der Waals surface area contributed by atoms with Crippen LogP contribution < -0.4 is 5.32 Å². The molecule has 1 aliphatic carbocycles. The summed E-state index contributed by atoms with van der Waals surface area (Å²) in [7, 11) is 1.88. The minimum Gasteiger partial charge on any atom is -0.352 e. The van der Waals surface area contributed by atoms with Gasteiger partial charge in [0.15, 0.2) is 0 Å². The van der Waals surface area contributed by atoms with Crippen molar-refractivity contribution >= 4 is 17.7 Å². The van der Waals surface area contributed by atoms with E-state index in [2.05, 4.69) is 10.4 Å². The molecule has 0 aliphatic heterocycles. The van der Waals surface area contributed by atoms with Crippen LogP contribution in [0.15, 0.2) is 30.6 Å². The fraction of sp³-hybridized carbons (Fsp3) is 0.412. The SMILES string of the molecule is CSCc1cc(F)ccc1CNC(=O)[C@@H]1C[C@H]1c1cnn(C)c1. The summed E-state index contributed by atoms with van der Waals surface area (Å²) < 4.78 is 15.1. The number of benzene rings is 1. The van der Waals surface area contributed by atoms with Gasteiger partial charge in [-0.05, 0) is 47.4 Å². The topological polar surface area (TPSA) is 46.9 Å². The molecule has 0 unspecified atom stereocenters. The molecule has 0 saturated heterocycles. The van der Waals surface area contributed by atoms with Crippen LogP contribution in [-0.2, 0) is 24.1 Å². The van der Waals surface area contributed by atoms with Gasteiger partial charge in [-0.2, -0.15) is 16.9 Å². The zero-order chi connectivity index (χ0) is 16.4. The lowest BCUT2D eigenvalue weighted by Crippen LogP contribution is -2.25. The largest absolute Gasteiger partial charge is 0.352 e. The molecule has 1 aromatic carbocycles. The van der Waals surface area contributed by atoms with Crippen molar-refractivity contribution in [2.45, 2.75) is 24.6 Å². The number of thioether (sulfide) groups is 1. The lowest BCUT2D eigenvalue weighted by Gasteiger charge is -2.10. The number of halogens is 1. The molecule has 2 aromatic rings. The molecule has 1 aliphatic rings.